The lowest BCUT2D eigenvalue weighted by molar-refractivity contribution is -0.121. The van der Waals surface area contributed by atoms with Crippen LogP contribution in [0.25, 0.3) is 0 Å². The molecule has 0 aromatic heterocycles. The van der Waals surface area contributed by atoms with Gasteiger partial charge in [-0.2, -0.15) is 0 Å². The molecule has 0 bridgehead atoms. The van der Waals surface area contributed by atoms with Crippen LogP contribution in [0.2, 0.25) is 0 Å². The number of carbonyl (C=O) groups excluding carboxylic acids is 1. The van der Waals surface area contributed by atoms with E-state index in [1.54, 1.807) is 6.07 Å². The van der Waals surface area contributed by atoms with Crippen molar-refractivity contribution < 1.29 is 15.0 Å². The van der Waals surface area contributed by atoms with Gasteiger partial charge in [-0.05, 0) is 37.0 Å². The SMILES string of the molecule is Cc1ccc(CC(=O)NC2CCCCC2CO)cc1O. The van der Waals surface area contributed by atoms with Crippen molar-refractivity contribution in [1.29, 1.82) is 0 Å². The minimum Gasteiger partial charge on any atom is -0.508 e. The fourth-order valence-corrected chi connectivity index (χ4v) is 2.82. The van der Waals surface area contributed by atoms with Crippen molar-refractivity contribution in [2.75, 3.05) is 6.61 Å². The van der Waals surface area contributed by atoms with Crippen LogP contribution in [0.1, 0.15) is 36.8 Å². The van der Waals surface area contributed by atoms with Gasteiger partial charge in [0.15, 0.2) is 0 Å². The lowest BCUT2D eigenvalue weighted by atomic mass is 9.85. The molecule has 1 aliphatic rings. The summed E-state index contributed by atoms with van der Waals surface area (Å²) in [6.45, 7) is 1.96. The molecule has 0 spiro atoms. The van der Waals surface area contributed by atoms with Crippen LogP contribution in [0.15, 0.2) is 18.2 Å². The molecule has 2 rings (SSSR count). The first-order chi connectivity index (χ1) is 9.60. The molecule has 1 saturated carbocycles. The maximum atomic E-state index is 12.1. The van der Waals surface area contributed by atoms with Crippen molar-refractivity contribution in [3.05, 3.63) is 29.3 Å². The molecular weight excluding hydrogens is 254 g/mol. The first kappa shape index (κ1) is 14.9. The zero-order valence-corrected chi connectivity index (χ0v) is 11.9. The van der Waals surface area contributed by atoms with Crippen LogP contribution in [0.4, 0.5) is 0 Å². The lowest BCUT2D eigenvalue weighted by Crippen LogP contribution is -2.44. The van der Waals surface area contributed by atoms with E-state index in [1.807, 2.05) is 19.1 Å². The molecule has 4 nitrogen and oxygen atoms in total. The van der Waals surface area contributed by atoms with Gasteiger partial charge in [-0.1, -0.05) is 25.0 Å². The minimum absolute atomic E-state index is 0.0430. The summed E-state index contributed by atoms with van der Waals surface area (Å²) in [5, 5.41) is 22.0. The highest BCUT2D eigenvalue weighted by Gasteiger charge is 2.25. The van der Waals surface area contributed by atoms with Crippen LogP contribution < -0.4 is 5.32 Å². The molecule has 20 heavy (non-hydrogen) atoms. The average molecular weight is 277 g/mol. The summed E-state index contributed by atoms with van der Waals surface area (Å²) in [7, 11) is 0. The predicted molar refractivity (Wildman–Crippen MR) is 77.5 cm³/mol. The van der Waals surface area contributed by atoms with Gasteiger partial charge in [0, 0.05) is 18.6 Å². The molecule has 1 amide bonds. The Labute approximate surface area is 119 Å². The number of nitrogens with one attached hydrogen (secondary N) is 1. The Kier molecular flexibility index (Phi) is 5.01. The van der Waals surface area contributed by atoms with Crippen LogP contribution in [0.3, 0.4) is 0 Å². The Morgan fingerprint density at radius 1 is 1.35 bits per heavy atom. The van der Waals surface area contributed by atoms with E-state index in [4.69, 9.17) is 0 Å². The second-order valence-electron chi connectivity index (χ2n) is 5.70. The smallest absolute Gasteiger partial charge is 0.224 e. The zero-order valence-electron chi connectivity index (χ0n) is 11.9. The number of phenols is 1. The summed E-state index contributed by atoms with van der Waals surface area (Å²) in [6, 6.07) is 5.40. The van der Waals surface area contributed by atoms with E-state index in [9.17, 15) is 15.0 Å². The first-order valence-corrected chi connectivity index (χ1v) is 7.29. The maximum absolute atomic E-state index is 12.1. The fraction of sp³-hybridized carbons (Fsp3) is 0.562. The zero-order chi connectivity index (χ0) is 14.5. The van der Waals surface area contributed by atoms with Gasteiger partial charge in [-0.15, -0.1) is 0 Å². The van der Waals surface area contributed by atoms with Gasteiger partial charge in [0.05, 0.1) is 6.42 Å². The Morgan fingerprint density at radius 3 is 2.80 bits per heavy atom. The molecule has 0 radical (unpaired) electrons. The highest BCUT2D eigenvalue weighted by atomic mass is 16.3. The van der Waals surface area contributed by atoms with Gasteiger partial charge in [0.2, 0.25) is 5.91 Å². The van der Waals surface area contributed by atoms with E-state index in [-0.39, 0.29) is 36.6 Å². The number of hydrogen-bond donors (Lipinski definition) is 3. The molecule has 3 N–H and O–H groups in total. The molecule has 1 fully saturated rings. The molecule has 2 unspecified atom stereocenters. The van der Waals surface area contributed by atoms with Crippen molar-refractivity contribution >= 4 is 5.91 Å². The molecule has 110 valence electrons. The van der Waals surface area contributed by atoms with E-state index in [1.165, 1.54) is 0 Å². The van der Waals surface area contributed by atoms with E-state index in [2.05, 4.69) is 5.32 Å². The molecule has 0 saturated heterocycles. The Balaban J connectivity index is 1.92. The summed E-state index contributed by atoms with van der Waals surface area (Å²) in [6.07, 6.45) is 4.42. The summed E-state index contributed by atoms with van der Waals surface area (Å²) in [5.74, 6) is 0.360. The second kappa shape index (κ2) is 6.75. The normalized spacial score (nSPS) is 22.5. The molecule has 0 aliphatic heterocycles. The second-order valence-corrected chi connectivity index (χ2v) is 5.70. The van der Waals surface area contributed by atoms with Gasteiger partial charge in [0.25, 0.3) is 0 Å². The number of carbonyl (C=O) groups is 1. The third-order valence-corrected chi connectivity index (χ3v) is 4.13. The van der Waals surface area contributed by atoms with Gasteiger partial charge in [-0.25, -0.2) is 0 Å². The third kappa shape index (κ3) is 3.73. The first-order valence-electron chi connectivity index (χ1n) is 7.29. The van der Waals surface area contributed by atoms with E-state index < -0.39 is 0 Å². The van der Waals surface area contributed by atoms with Crippen LogP contribution >= 0.6 is 0 Å². The molecule has 0 heterocycles. The summed E-state index contributed by atoms with van der Waals surface area (Å²) in [5.41, 5.74) is 1.61. The van der Waals surface area contributed by atoms with Gasteiger partial charge < -0.3 is 15.5 Å². The number of amides is 1. The summed E-state index contributed by atoms with van der Waals surface area (Å²) < 4.78 is 0. The van der Waals surface area contributed by atoms with E-state index >= 15 is 0 Å². The van der Waals surface area contributed by atoms with Crippen LogP contribution in [-0.4, -0.2) is 28.8 Å². The van der Waals surface area contributed by atoms with E-state index in [0.29, 0.717) is 0 Å². The Bertz CT molecular complexity index is 473. The molecule has 1 aliphatic carbocycles. The number of rotatable bonds is 4. The number of hydrogen-bond acceptors (Lipinski definition) is 3. The van der Waals surface area contributed by atoms with Crippen molar-refractivity contribution in [2.24, 2.45) is 5.92 Å². The maximum Gasteiger partial charge on any atom is 0.224 e. The predicted octanol–water partition coefficient (Wildman–Crippen LogP) is 1.91. The monoisotopic (exact) mass is 277 g/mol. The fourth-order valence-electron chi connectivity index (χ4n) is 2.82. The average Bonchev–Trinajstić information content (AvgIpc) is 2.43. The lowest BCUT2D eigenvalue weighted by Gasteiger charge is -2.30. The minimum atomic E-state index is -0.0430. The van der Waals surface area contributed by atoms with Gasteiger partial charge >= 0.3 is 0 Å². The molecule has 1 aromatic carbocycles. The number of aromatic hydroxyl groups is 1. The van der Waals surface area contributed by atoms with Gasteiger partial charge in [0.1, 0.15) is 5.75 Å². The summed E-state index contributed by atoms with van der Waals surface area (Å²) >= 11 is 0. The van der Waals surface area contributed by atoms with Crippen LogP contribution in [-0.2, 0) is 11.2 Å². The molecule has 4 heteroatoms. The van der Waals surface area contributed by atoms with Gasteiger partial charge in [-0.3, -0.25) is 4.79 Å². The highest BCUT2D eigenvalue weighted by Crippen LogP contribution is 2.24. The van der Waals surface area contributed by atoms with Crippen molar-refractivity contribution in [2.45, 2.75) is 45.1 Å². The number of phenolic OH excluding ortho intramolecular Hbond substituents is 1. The third-order valence-electron chi connectivity index (χ3n) is 4.13. The number of benzene rings is 1. The number of aliphatic hydroxyl groups excluding tert-OH is 1. The van der Waals surface area contributed by atoms with Crippen molar-refractivity contribution in [3.8, 4) is 5.75 Å². The highest BCUT2D eigenvalue weighted by molar-refractivity contribution is 5.79. The molecule has 1 aromatic rings. The topological polar surface area (TPSA) is 69.6 Å². The standard InChI is InChI=1S/C16H23NO3/c1-11-6-7-12(8-15(11)19)9-16(20)17-14-5-3-2-4-13(14)10-18/h6-8,13-14,18-19H,2-5,9-10H2,1H3,(H,17,20). The van der Waals surface area contributed by atoms with Crippen LogP contribution in [0.5, 0.6) is 5.75 Å². The largest absolute Gasteiger partial charge is 0.508 e. The number of aliphatic hydroxyl groups is 1. The van der Waals surface area contributed by atoms with Crippen LogP contribution in [0, 0.1) is 12.8 Å². The van der Waals surface area contributed by atoms with E-state index in [0.717, 1.165) is 36.8 Å². The Hall–Kier alpha value is -1.55. The summed E-state index contributed by atoms with van der Waals surface area (Å²) in [4.78, 5) is 12.1. The van der Waals surface area contributed by atoms with Crippen molar-refractivity contribution in [1.82, 2.24) is 5.32 Å². The molecule has 2 atom stereocenters. The Morgan fingerprint density at radius 2 is 2.10 bits per heavy atom. The van der Waals surface area contributed by atoms with Crippen molar-refractivity contribution in [3.63, 3.8) is 0 Å². The molecular formula is C16H23NO3. The quantitative estimate of drug-likeness (QED) is 0.787. The number of aryl methyl sites for hydroxylation is 1.